The summed E-state index contributed by atoms with van der Waals surface area (Å²) in [4.78, 5) is 0.362. The molecule has 16 heavy (non-hydrogen) atoms. The van der Waals surface area contributed by atoms with E-state index in [2.05, 4.69) is 0 Å². The zero-order valence-corrected chi connectivity index (χ0v) is 10.2. The van der Waals surface area contributed by atoms with Crippen molar-refractivity contribution < 1.29 is 9.84 Å². The third-order valence-corrected chi connectivity index (χ3v) is 2.57. The number of aliphatic hydroxyl groups excluding tert-OH is 1. The predicted octanol–water partition coefficient (Wildman–Crippen LogP) is 1.66. The Morgan fingerprint density at radius 2 is 2.19 bits per heavy atom. The fourth-order valence-electron chi connectivity index (χ4n) is 1.44. The molecule has 0 bridgehead atoms. The maximum atomic E-state index is 8.94. The number of benzene rings is 1. The number of nitrogens with two attached hydrogens (primary N) is 1. The standard InChI is InChI=1S/C12H17NO2S/c1-2-10(12(13)16)15-11-6-4-3-5-9(11)7-8-14/h3-6,10,14H,2,7-8H2,1H3,(H2,13,16). The molecule has 3 N–H and O–H groups in total. The molecule has 0 spiro atoms. The van der Waals surface area contributed by atoms with Crippen LogP contribution in [0, 0.1) is 0 Å². The summed E-state index contributed by atoms with van der Waals surface area (Å²) in [5.41, 5.74) is 6.55. The number of para-hydroxylation sites is 1. The van der Waals surface area contributed by atoms with Crippen LogP contribution in [0.15, 0.2) is 24.3 Å². The van der Waals surface area contributed by atoms with Crippen LogP contribution in [0.25, 0.3) is 0 Å². The minimum Gasteiger partial charge on any atom is -0.483 e. The monoisotopic (exact) mass is 239 g/mol. The van der Waals surface area contributed by atoms with Gasteiger partial charge in [-0.15, -0.1) is 0 Å². The van der Waals surface area contributed by atoms with Gasteiger partial charge in [-0.2, -0.15) is 0 Å². The first-order valence-corrected chi connectivity index (χ1v) is 5.74. The number of ether oxygens (including phenoxy) is 1. The Labute approximate surface area is 101 Å². The second-order valence-corrected chi connectivity index (χ2v) is 3.97. The summed E-state index contributed by atoms with van der Waals surface area (Å²) >= 11 is 4.93. The van der Waals surface area contributed by atoms with Gasteiger partial charge in [-0.05, 0) is 24.5 Å². The zero-order valence-electron chi connectivity index (χ0n) is 9.35. The molecule has 88 valence electrons. The van der Waals surface area contributed by atoms with Crippen LogP contribution in [-0.2, 0) is 6.42 Å². The van der Waals surface area contributed by atoms with Gasteiger partial charge >= 0.3 is 0 Å². The van der Waals surface area contributed by atoms with Gasteiger partial charge in [-0.3, -0.25) is 0 Å². The van der Waals surface area contributed by atoms with E-state index in [0.717, 1.165) is 17.7 Å². The van der Waals surface area contributed by atoms with E-state index >= 15 is 0 Å². The van der Waals surface area contributed by atoms with Crippen LogP contribution in [0.2, 0.25) is 0 Å². The van der Waals surface area contributed by atoms with E-state index in [9.17, 15) is 0 Å². The third kappa shape index (κ3) is 3.47. The van der Waals surface area contributed by atoms with Gasteiger partial charge in [-0.25, -0.2) is 0 Å². The molecule has 0 aliphatic carbocycles. The van der Waals surface area contributed by atoms with Crippen molar-refractivity contribution in [3.8, 4) is 5.75 Å². The highest BCUT2D eigenvalue weighted by Gasteiger charge is 2.12. The SMILES string of the molecule is CCC(Oc1ccccc1CCO)C(N)=S. The Hall–Kier alpha value is -1.13. The third-order valence-electron chi connectivity index (χ3n) is 2.31. The molecule has 1 rings (SSSR count). The fourth-order valence-corrected chi connectivity index (χ4v) is 1.66. The van der Waals surface area contributed by atoms with E-state index in [0.29, 0.717) is 11.4 Å². The highest BCUT2D eigenvalue weighted by atomic mass is 32.1. The number of hydrogen-bond donors (Lipinski definition) is 2. The molecular weight excluding hydrogens is 222 g/mol. The van der Waals surface area contributed by atoms with Gasteiger partial charge in [-0.1, -0.05) is 37.3 Å². The molecule has 1 aromatic carbocycles. The van der Waals surface area contributed by atoms with Crippen LogP contribution in [0.5, 0.6) is 5.75 Å². The lowest BCUT2D eigenvalue weighted by molar-refractivity contribution is 0.256. The van der Waals surface area contributed by atoms with Crippen molar-refractivity contribution in [2.45, 2.75) is 25.9 Å². The number of aliphatic hydroxyl groups is 1. The topological polar surface area (TPSA) is 55.5 Å². The van der Waals surface area contributed by atoms with E-state index in [4.69, 9.17) is 27.8 Å². The molecule has 3 nitrogen and oxygen atoms in total. The quantitative estimate of drug-likeness (QED) is 0.741. The lowest BCUT2D eigenvalue weighted by Gasteiger charge is -2.18. The molecular formula is C12H17NO2S. The molecule has 1 unspecified atom stereocenters. The molecule has 0 fully saturated rings. The molecule has 0 saturated heterocycles. The molecule has 0 heterocycles. The van der Waals surface area contributed by atoms with Gasteiger partial charge in [0.25, 0.3) is 0 Å². The molecule has 4 heteroatoms. The van der Waals surface area contributed by atoms with Gasteiger partial charge in [0.1, 0.15) is 16.8 Å². The highest BCUT2D eigenvalue weighted by Crippen LogP contribution is 2.20. The maximum absolute atomic E-state index is 8.94. The first kappa shape index (κ1) is 12.9. The Balaban J connectivity index is 2.82. The summed E-state index contributed by atoms with van der Waals surface area (Å²) in [6, 6.07) is 7.60. The molecule has 1 atom stereocenters. The molecule has 0 saturated carbocycles. The molecule has 0 aliphatic heterocycles. The summed E-state index contributed by atoms with van der Waals surface area (Å²) < 4.78 is 5.73. The normalized spacial score (nSPS) is 12.1. The largest absolute Gasteiger partial charge is 0.483 e. The van der Waals surface area contributed by atoms with Crippen LogP contribution in [0.1, 0.15) is 18.9 Å². The van der Waals surface area contributed by atoms with Crippen molar-refractivity contribution in [2.24, 2.45) is 5.73 Å². The smallest absolute Gasteiger partial charge is 0.148 e. The number of hydrogen-bond acceptors (Lipinski definition) is 3. The van der Waals surface area contributed by atoms with Gasteiger partial charge in [0, 0.05) is 6.61 Å². The van der Waals surface area contributed by atoms with Crippen molar-refractivity contribution in [1.29, 1.82) is 0 Å². The van der Waals surface area contributed by atoms with Crippen molar-refractivity contribution in [3.63, 3.8) is 0 Å². The molecule has 0 amide bonds. The highest BCUT2D eigenvalue weighted by molar-refractivity contribution is 7.80. The maximum Gasteiger partial charge on any atom is 0.148 e. The Morgan fingerprint density at radius 3 is 2.75 bits per heavy atom. The van der Waals surface area contributed by atoms with Gasteiger partial charge in [0.05, 0.1) is 0 Å². The average molecular weight is 239 g/mol. The number of thiocarbonyl (C=S) groups is 1. The van der Waals surface area contributed by atoms with Crippen molar-refractivity contribution in [2.75, 3.05) is 6.61 Å². The van der Waals surface area contributed by atoms with Crippen molar-refractivity contribution >= 4 is 17.2 Å². The minimum absolute atomic E-state index is 0.101. The summed E-state index contributed by atoms with van der Waals surface area (Å²) in [5.74, 6) is 0.746. The minimum atomic E-state index is -0.241. The Kier molecular flexibility index (Phi) is 5.22. The van der Waals surface area contributed by atoms with Crippen LogP contribution in [-0.4, -0.2) is 22.8 Å². The van der Waals surface area contributed by atoms with Gasteiger partial charge in [0.15, 0.2) is 0 Å². The fraction of sp³-hybridized carbons (Fsp3) is 0.417. The van der Waals surface area contributed by atoms with Crippen molar-refractivity contribution in [1.82, 2.24) is 0 Å². The van der Waals surface area contributed by atoms with Crippen LogP contribution in [0.3, 0.4) is 0 Å². The summed E-state index contributed by atoms with van der Waals surface area (Å²) in [5, 5.41) is 8.94. The average Bonchev–Trinajstić information content (AvgIpc) is 2.27. The van der Waals surface area contributed by atoms with E-state index in [-0.39, 0.29) is 12.7 Å². The molecule has 0 aliphatic rings. The van der Waals surface area contributed by atoms with Crippen LogP contribution >= 0.6 is 12.2 Å². The summed E-state index contributed by atoms with van der Waals surface area (Å²) in [6.45, 7) is 2.07. The first-order chi connectivity index (χ1) is 7.69. The lowest BCUT2D eigenvalue weighted by atomic mass is 10.1. The lowest BCUT2D eigenvalue weighted by Crippen LogP contribution is -2.31. The number of rotatable bonds is 6. The van der Waals surface area contributed by atoms with E-state index < -0.39 is 0 Å². The second kappa shape index (κ2) is 6.45. The Bertz CT molecular complexity index is 355. The van der Waals surface area contributed by atoms with Crippen LogP contribution < -0.4 is 10.5 Å². The van der Waals surface area contributed by atoms with E-state index in [1.165, 1.54) is 0 Å². The van der Waals surface area contributed by atoms with E-state index in [1.54, 1.807) is 0 Å². The molecule has 0 radical (unpaired) electrons. The van der Waals surface area contributed by atoms with Gasteiger partial charge in [0.2, 0.25) is 0 Å². The predicted molar refractivity (Wildman–Crippen MR) is 68.7 cm³/mol. The molecule has 0 aromatic heterocycles. The Morgan fingerprint density at radius 1 is 1.50 bits per heavy atom. The van der Waals surface area contributed by atoms with Crippen LogP contribution in [0.4, 0.5) is 0 Å². The zero-order chi connectivity index (χ0) is 12.0. The summed E-state index contributed by atoms with van der Waals surface area (Å²) in [6.07, 6.45) is 1.07. The van der Waals surface area contributed by atoms with E-state index in [1.807, 2.05) is 31.2 Å². The first-order valence-electron chi connectivity index (χ1n) is 5.33. The van der Waals surface area contributed by atoms with Gasteiger partial charge < -0.3 is 15.6 Å². The second-order valence-electron chi connectivity index (χ2n) is 3.50. The molecule has 1 aromatic rings. The summed E-state index contributed by atoms with van der Waals surface area (Å²) in [7, 11) is 0. The van der Waals surface area contributed by atoms with Crippen molar-refractivity contribution in [3.05, 3.63) is 29.8 Å².